The van der Waals surface area contributed by atoms with Gasteiger partial charge >= 0.3 is 0 Å². The Bertz CT molecular complexity index is 1270. The zero-order valence-electron chi connectivity index (χ0n) is 15.6. The third-order valence-electron chi connectivity index (χ3n) is 4.33. The van der Waals surface area contributed by atoms with Crippen molar-refractivity contribution in [3.05, 3.63) is 71.3 Å². The number of anilines is 1. The molecule has 0 aliphatic rings. The van der Waals surface area contributed by atoms with E-state index in [1.165, 1.54) is 12.1 Å². The van der Waals surface area contributed by atoms with E-state index in [4.69, 9.17) is 11.6 Å². The van der Waals surface area contributed by atoms with Crippen molar-refractivity contribution in [2.75, 3.05) is 11.9 Å². The fourth-order valence-corrected chi connectivity index (χ4v) is 5.10. The molecule has 30 heavy (non-hydrogen) atoms. The number of fused-ring (bicyclic) bond motifs is 1. The number of halogens is 1. The Hall–Kier alpha value is -2.72. The first-order valence-corrected chi connectivity index (χ1v) is 11.7. The summed E-state index contributed by atoms with van der Waals surface area (Å²) in [5.41, 5.74) is 2.42. The molecule has 2 N–H and O–H groups in total. The number of hydrogen-bond donors (Lipinski definition) is 2. The van der Waals surface area contributed by atoms with Crippen LogP contribution in [0.2, 0.25) is 5.02 Å². The third-order valence-corrected chi connectivity index (χ3v) is 7.06. The number of benzene rings is 2. The van der Waals surface area contributed by atoms with Crippen LogP contribution < -0.4 is 10.0 Å². The minimum atomic E-state index is -3.77. The molecule has 0 spiro atoms. The zero-order chi connectivity index (χ0) is 21.1. The van der Waals surface area contributed by atoms with Crippen molar-refractivity contribution >= 4 is 49.5 Å². The molecule has 4 aromatic rings. The number of aromatic nitrogens is 2. The van der Waals surface area contributed by atoms with Crippen LogP contribution in [0.15, 0.2) is 71.2 Å². The van der Waals surface area contributed by atoms with Crippen LogP contribution in [0, 0.1) is 0 Å². The van der Waals surface area contributed by atoms with E-state index >= 15 is 0 Å². The van der Waals surface area contributed by atoms with Gasteiger partial charge in [0, 0.05) is 42.0 Å². The molecule has 0 aliphatic carbocycles. The Labute approximate surface area is 182 Å². The van der Waals surface area contributed by atoms with Gasteiger partial charge in [0.1, 0.15) is 4.90 Å². The highest BCUT2D eigenvalue weighted by Gasteiger charge is 2.17. The van der Waals surface area contributed by atoms with Gasteiger partial charge < -0.3 is 5.32 Å². The molecular formula is C20H17ClN4O3S2. The van der Waals surface area contributed by atoms with Crippen LogP contribution in [0.3, 0.4) is 0 Å². The van der Waals surface area contributed by atoms with Crippen LogP contribution in [0.25, 0.3) is 16.2 Å². The molecule has 0 atom stereocenters. The monoisotopic (exact) mass is 460 g/mol. The molecule has 0 saturated carbocycles. The van der Waals surface area contributed by atoms with E-state index in [9.17, 15) is 13.2 Å². The highest BCUT2D eigenvalue weighted by molar-refractivity contribution is 7.89. The lowest BCUT2D eigenvalue weighted by molar-refractivity contribution is -0.116. The number of carbonyl (C=O) groups is 1. The lowest BCUT2D eigenvalue weighted by Gasteiger charge is -2.09. The van der Waals surface area contributed by atoms with E-state index in [1.54, 1.807) is 35.6 Å². The topological polar surface area (TPSA) is 92.6 Å². The lowest BCUT2D eigenvalue weighted by Crippen LogP contribution is -2.28. The molecule has 0 radical (unpaired) electrons. The summed E-state index contributed by atoms with van der Waals surface area (Å²) < 4.78 is 28.9. The van der Waals surface area contributed by atoms with Crippen LogP contribution in [-0.4, -0.2) is 30.3 Å². The number of nitrogens with one attached hydrogen (secondary N) is 2. The molecule has 0 bridgehead atoms. The number of carbonyl (C=O) groups excluding carboxylic acids is 1. The van der Waals surface area contributed by atoms with Gasteiger partial charge in [-0.15, -0.1) is 11.3 Å². The van der Waals surface area contributed by atoms with E-state index in [1.807, 2.05) is 34.3 Å². The van der Waals surface area contributed by atoms with Crippen LogP contribution in [0.4, 0.5) is 5.69 Å². The van der Waals surface area contributed by atoms with Gasteiger partial charge in [-0.05, 0) is 24.3 Å². The van der Waals surface area contributed by atoms with Crippen LogP contribution in [-0.2, 0) is 14.8 Å². The molecule has 4 rings (SSSR count). The summed E-state index contributed by atoms with van der Waals surface area (Å²) in [7, 11) is -3.77. The zero-order valence-corrected chi connectivity index (χ0v) is 18.0. The van der Waals surface area contributed by atoms with E-state index in [0.29, 0.717) is 5.69 Å². The second-order valence-corrected chi connectivity index (χ2v) is 9.44. The average molecular weight is 461 g/mol. The number of amides is 1. The first-order chi connectivity index (χ1) is 14.4. The SMILES string of the molecule is O=C(CCNS(=O)(=O)c1ccccc1Cl)Nc1ccc(-c2cn3ccsc3n2)cc1. The summed E-state index contributed by atoms with van der Waals surface area (Å²) >= 11 is 7.49. The van der Waals surface area contributed by atoms with Gasteiger partial charge in [0.25, 0.3) is 0 Å². The normalized spacial score (nSPS) is 11.6. The maximum atomic E-state index is 12.3. The summed E-state index contributed by atoms with van der Waals surface area (Å²) in [4.78, 5) is 17.6. The molecule has 0 unspecified atom stereocenters. The molecule has 1 amide bonds. The molecular weight excluding hydrogens is 444 g/mol. The number of sulfonamides is 1. The Morgan fingerprint density at radius 3 is 2.63 bits per heavy atom. The molecule has 154 valence electrons. The lowest BCUT2D eigenvalue weighted by atomic mass is 10.1. The Kier molecular flexibility index (Phi) is 5.87. The number of rotatable bonds is 7. The van der Waals surface area contributed by atoms with Crippen molar-refractivity contribution in [3.8, 4) is 11.3 Å². The highest BCUT2D eigenvalue weighted by Crippen LogP contribution is 2.23. The smallest absolute Gasteiger partial charge is 0.242 e. The second kappa shape index (κ2) is 8.57. The number of imidazole rings is 1. The minimum Gasteiger partial charge on any atom is -0.326 e. The van der Waals surface area contributed by atoms with E-state index in [-0.39, 0.29) is 28.8 Å². The molecule has 0 aliphatic heterocycles. The van der Waals surface area contributed by atoms with Crippen molar-refractivity contribution in [1.29, 1.82) is 0 Å². The fraction of sp³-hybridized carbons (Fsp3) is 0.100. The van der Waals surface area contributed by atoms with Crippen LogP contribution in [0.1, 0.15) is 6.42 Å². The summed E-state index contributed by atoms with van der Waals surface area (Å²) in [5.74, 6) is -0.299. The van der Waals surface area contributed by atoms with Gasteiger partial charge in [0.15, 0.2) is 4.96 Å². The number of nitrogens with zero attached hydrogens (tertiary/aromatic N) is 2. The van der Waals surface area contributed by atoms with Gasteiger partial charge in [-0.1, -0.05) is 35.9 Å². The van der Waals surface area contributed by atoms with Crippen LogP contribution in [0.5, 0.6) is 0 Å². The van der Waals surface area contributed by atoms with Gasteiger partial charge in [-0.3, -0.25) is 9.20 Å². The summed E-state index contributed by atoms with van der Waals surface area (Å²) in [6, 6.07) is 13.5. The maximum absolute atomic E-state index is 12.3. The maximum Gasteiger partial charge on any atom is 0.242 e. The summed E-state index contributed by atoms with van der Waals surface area (Å²) in [6.07, 6.45) is 3.89. The second-order valence-electron chi connectivity index (χ2n) is 6.42. The number of hydrogen-bond acceptors (Lipinski definition) is 5. The highest BCUT2D eigenvalue weighted by atomic mass is 35.5. The predicted octanol–water partition coefficient (Wildman–Crippen LogP) is 4.02. The Balaban J connectivity index is 1.32. The van der Waals surface area contributed by atoms with Gasteiger partial charge in [-0.2, -0.15) is 0 Å². The Morgan fingerprint density at radius 1 is 1.13 bits per heavy atom. The van der Waals surface area contributed by atoms with Crippen molar-refractivity contribution in [1.82, 2.24) is 14.1 Å². The molecule has 10 heteroatoms. The van der Waals surface area contributed by atoms with Gasteiger partial charge in [0.05, 0.1) is 10.7 Å². The molecule has 0 fully saturated rings. The standard InChI is InChI=1S/C20H17ClN4O3S2/c21-16-3-1-2-4-18(16)30(27,28)22-10-9-19(26)23-15-7-5-14(6-8-15)17-13-25-11-12-29-20(25)24-17/h1-8,11-13,22H,9-10H2,(H,23,26). The Morgan fingerprint density at radius 2 is 1.90 bits per heavy atom. The summed E-state index contributed by atoms with van der Waals surface area (Å²) in [6.45, 7) is -0.0388. The minimum absolute atomic E-state index is 0.0112. The molecule has 2 aromatic heterocycles. The van der Waals surface area contributed by atoms with E-state index in [0.717, 1.165) is 16.2 Å². The van der Waals surface area contributed by atoms with Crippen molar-refractivity contribution < 1.29 is 13.2 Å². The van der Waals surface area contributed by atoms with Crippen LogP contribution >= 0.6 is 22.9 Å². The quantitative estimate of drug-likeness (QED) is 0.435. The molecule has 0 saturated heterocycles. The largest absolute Gasteiger partial charge is 0.326 e. The summed E-state index contributed by atoms with van der Waals surface area (Å²) in [5, 5.41) is 4.86. The van der Waals surface area contributed by atoms with Crippen molar-refractivity contribution in [2.45, 2.75) is 11.3 Å². The predicted molar refractivity (Wildman–Crippen MR) is 118 cm³/mol. The van der Waals surface area contributed by atoms with E-state index in [2.05, 4.69) is 15.0 Å². The first-order valence-electron chi connectivity index (χ1n) is 8.99. The molecule has 2 heterocycles. The molecule has 7 nitrogen and oxygen atoms in total. The average Bonchev–Trinajstić information content (AvgIpc) is 3.31. The number of thiazole rings is 1. The van der Waals surface area contributed by atoms with Gasteiger partial charge in [-0.25, -0.2) is 18.1 Å². The van der Waals surface area contributed by atoms with Crippen molar-refractivity contribution in [3.63, 3.8) is 0 Å². The van der Waals surface area contributed by atoms with Gasteiger partial charge in [0.2, 0.25) is 15.9 Å². The molecule has 2 aromatic carbocycles. The van der Waals surface area contributed by atoms with E-state index < -0.39 is 10.0 Å². The third kappa shape index (κ3) is 4.54. The van der Waals surface area contributed by atoms with Crippen molar-refractivity contribution in [2.24, 2.45) is 0 Å². The fourth-order valence-electron chi connectivity index (χ4n) is 2.85. The first kappa shape index (κ1) is 20.5.